The van der Waals surface area contributed by atoms with E-state index in [4.69, 9.17) is 4.52 Å². The number of aryl methyl sites for hydroxylation is 2. The Kier molecular flexibility index (Phi) is 6.31. The second kappa shape index (κ2) is 9.00. The van der Waals surface area contributed by atoms with Crippen LogP contribution in [-0.4, -0.2) is 63.3 Å². The highest BCUT2D eigenvalue weighted by Gasteiger charge is 2.36. The van der Waals surface area contributed by atoms with Gasteiger partial charge >= 0.3 is 0 Å². The molecule has 170 valence electrons. The van der Waals surface area contributed by atoms with Crippen molar-refractivity contribution in [1.82, 2.24) is 29.7 Å². The summed E-state index contributed by atoms with van der Waals surface area (Å²) in [5, 5.41) is 18.9. The summed E-state index contributed by atoms with van der Waals surface area (Å²) >= 11 is 1.41. The molecule has 0 aliphatic carbocycles. The van der Waals surface area contributed by atoms with E-state index in [-0.39, 0.29) is 23.1 Å². The first-order valence-corrected chi connectivity index (χ1v) is 12.6. The largest absolute Gasteiger partial charge is 0.360 e. The van der Waals surface area contributed by atoms with Gasteiger partial charge in [0.15, 0.2) is 5.76 Å². The predicted molar refractivity (Wildman–Crippen MR) is 117 cm³/mol. The molecule has 32 heavy (non-hydrogen) atoms. The third-order valence-electron chi connectivity index (χ3n) is 5.30. The Morgan fingerprint density at radius 1 is 1.31 bits per heavy atom. The van der Waals surface area contributed by atoms with Gasteiger partial charge < -0.3 is 9.84 Å². The van der Waals surface area contributed by atoms with Crippen LogP contribution in [0.1, 0.15) is 24.3 Å². The number of thioether (sulfide) groups is 1. The van der Waals surface area contributed by atoms with Gasteiger partial charge in [0.2, 0.25) is 21.1 Å². The molecule has 1 amide bonds. The number of nitrogens with one attached hydrogen (secondary N) is 1. The number of tetrazole rings is 1. The molecule has 1 atom stereocenters. The fourth-order valence-electron chi connectivity index (χ4n) is 3.77. The van der Waals surface area contributed by atoms with Gasteiger partial charge in [-0.05, 0) is 61.6 Å². The van der Waals surface area contributed by atoms with Gasteiger partial charge in [0.05, 0.1) is 11.6 Å². The van der Waals surface area contributed by atoms with Crippen LogP contribution in [0.2, 0.25) is 0 Å². The number of piperidine rings is 1. The Balaban J connectivity index is 1.49. The number of hydrogen-bond donors (Lipinski definition) is 1. The number of benzene rings is 1. The minimum atomic E-state index is -3.79. The number of aromatic nitrogens is 5. The van der Waals surface area contributed by atoms with Gasteiger partial charge in [0.1, 0.15) is 10.6 Å². The maximum absolute atomic E-state index is 13.1. The minimum Gasteiger partial charge on any atom is -0.360 e. The van der Waals surface area contributed by atoms with Gasteiger partial charge in [-0.1, -0.05) is 23.0 Å². The molecule has 0 saturated carbocycles. The number of sulfonamides is 1. The molecule has 1 unspecified atom stereocenters. The smallest absolute Gasteiger partial charge is 0.248 e. The van der Waals surface area contributed by atoms with Gasteiger partial charge in [-0.2, -0.15) is 8.99 Å². The average Bonchev–Trinajstić information content (AvgIpc) is 3.40. The summed E-state index contributed by atoms with van der Waals surface area (Å²) in [4.78, 5) is 13.0. The van der Waals surface area contributed by atoms with E-state index < -0.39 is 15.9 Å². The molecule has 0 bridgehead atoms. The number of anilines is 1. The molecule has 11 nitrogen and oxygen atoms in total. The molecule has 0 spiro atoms. The fourth-order valence-corrected chi connectivity index (χ4v) is 6.02. The number of amides is 1. The third kappa shape index (κ3) is 4.27. The van der Waals surface area contributed by atoms with Crippen LogP contribution >= 0.6 is 11.8 Å². The highest BCUT2D eigenvalue weighted by molar-refractivity contribution is 7.98. The van der Waals surface area contributed by atoms with Gasteiger partial charge in [-0.15, -0.1) is 5.10 Å². The van der Waals surface area contributed by atoms with Crippen LogP contribution in [0.25, 0.3) is 5.69 Å². The maximum Gasteiger partial charge on any atom is 0.248 e. The summed E-state index contributed by atoms with van der Waals surface area (Å²) in [5.74, 6) is -0.460. The summed E-state index contributed by atoms with van der Waals surface area (Å²) in [6, 6.07) is 7.18. The normalized spacial score (nSPS) is 17.4. The van der Waals surface area contributed by atoms with Crippen LogP contribution in [0, 0.1) is 19.8 Å². The molecular weight excluding hydrogens is 454 g/mol. The van der Waals surface area contributed by atoms with Crippen LogP contribution < -0.4 is 5.32 Å². The van der Waals surface area contributed by atoms with Crippen LogP contribution in [0.3, 0.4) is 0 Å². The number of carbonyl (C=O) groups is 1. The van der Waals surface area contributed by atoms with E-state index >= 15 is 0 Å². The highest BCUT2D eigenvalue weighted by atomic mass is 32.2. The van der Waals surface area contributed by atoms with Crippen LogP contribution in [-0.2, 0) is 14.8 Å². The van der Waals surface area contributed by atoms with E-state index in [0.717, 1.165) is 0 Å². The molecule has 0 radical (unpaired) electrons. The molecule has 3 heterocycles. The first-order valence-electron chi connectivity index (χ1n) is 9.98. The number of nitrogens with zero attached hydrogens (tertiary/aromatic N) is 6. The van der Waals surface area contributed by atoms with Crippen molar-refractivity contribution in [3.8, 4) is 5.69 Å². The topological polar surface area (TPSA) is 136 Å². The molecule has 1 aromatic carbocycles. The number of rotatable bonds is 6. The van der Waals surface area contributed by atoms with Crippen LogP contribution in [0.4, 0.5) is 5.69 Å². The van der Waals surface area contributed by atoms with Crippen molar-refractivity contribution in [3.63, 3.8) is 0 Å². The van der Waals surface area contributed by atoms with Crippen LogP contribution in [0.15, 0.2) is 38.8 Å². The molecule has 1 saturated heterocycles. The molecule has 1 aliphatic heterocycles. The van der Waals surface area contributed by atoms with E-state index in [9.17, 15) is 13.2 Å². The monoisotopic (exact) mass is 477 g/mol. The second-order valence-corrected chi connectivity index (χ2v) is 10.1. The van der Waals surface area contributed by atoms with E-state index in [1.807, 2.05) is 12.3 Å². The fraction of sp³-hybridized carbons (Fsp3) is 0.421. The Labute approximate surface area is 189 Å². The van der Waals surface area contributed by atoms with E-state index in [0.29, 0.717) is 41.6 Å². The molecule has 1 aliphatic rings. The Hall–Kier alpha value is -2.77. The van der Waals surface area contributed by atoms with E-state index in [1.165, 1.54) is 16.1 Å². The zero-order valence-corrected chi connectivity index (χ0v) is 19.5. The van der Waals surface area contributed by atoms with E-state index in [2.05, 4.69) is 26.0 Å². The lowest BCUT2D eigenvalue weighted by Gasteiger charge is -2.31. The second-order valence-electron chi connectivity index (χ2n) is 7.47. The Bertz CT molecular complexity index is 1220. The molecule has 4 rings (SSSR count). The summed E-state index contributed by atoms with van der Waals surface area (Å²) < 4.78 is 34.2. The summed E-state index contributed by atoms with van der Waals surface area (Å²) in [6.07, 6.45) is 3.06. The third-order valence-corrected chi connectivity index (χ3v) is 8.03. The maximum atomic E-state index is 13.1. The molecule has 1 fully saturated rings. The molecule has 3 aromatic rings. The summed E-state index contributed by atoms with van der Waals surface area (Å²) in [6.45, 7) is 3.61. The molecule has 2 aromatic heterocycles. The average molecular weight is 478 g/mol. The van der Waals surface area contributed by atoms with Crippen molar-refractivity contribution >= 4 is 33.4 Å². The molecule has 1 N–H and O–H groups in total. The van der Waals surface area contributed by atoms with Gasteiger partial charge in [-0.25, -0.2) is 8.42 Å². The standard InChI is InChI=1S/C19H23N7O4S2/c1-12-17(13(2)30-22-12)32(28,29)25-9-5-6-14(11-25)18(27)20-15-7-4-8-16(10-15)26-19(31-3)21-23-24-26/h4,7-8,10,14H,5-6,9,11H2,1-3H3,(H,20,27). The van der Waals surface area contributed by atoms with Gasteiger partial charge in [-0.3, -0.25) is 4.79 Å². The van der Waals surface area contributed by atoms with Crippen LogP contribution in [0.5, 0.6) is 0 Å². The summed E-state index contributed by atoms with van der Waals surface area (Å²) in [7, 11) is -3.79. The van der Waals surface area contributed by atoms with E-state index in [1.54, 1.807) is 36.7 Å². The SMILES string of the molecule is CSc1nnnn1-c1cccc(NC(=O)C2CCCN(S(=O)(=O)c3c(C)noc3C)C2)c1. The first kappa shape index (κ1) is 22.4. The van der Waals surface area contributed by atoms with Crippen molar-refractivity contribution < 1.29 is 17.7 Å². The first-order chi connectivity index (χ1) is 15.3. The molecular formula is C19H23N7O4S2. The Morgan fingerprint density at radius 2 is 2.12 bits per heavy atom. The summed E-state index contributed by atoms with van der Waals surface area (Å²) in [5.41, 5.74) is 1.61. The van der Waals surface area contributed by atoms with Gasteiger partial charge in [0.25, 0.3) is 0 Å². The van der Waals surface area contributed by atoms with Crippen molar-refractivity contribution in [2.24, 2.45) is 5.92 Å². The predicted octanol–water partition coefficient (Wildman–Crippen LogP) is 2.03. The van der Waals surface area contributed by atoms with Crippen molar-refractivity contribution in [3.05, 3.63) is 35.7 Å². The van der Waals surface area contributed by atoms with Crippen molar-refractivity contribution in [1.29, 1.82) is 0 Å². The van der Waals surface area contributed by atoms with Crippen molar-refractivity contribution in [2.75, 3.05) is 24.7 Å². The lowest BCUT2D eigenvalue weighted by molar-refractivity contribution is -0.120. The quantitative estimate of drug-likeness (QED) is 0.529. The van der Waals surface area contributed by atoms with Crippen molar-refractivity contribution in [2.45, 2.75) is 36.7 Å². The minimum absolute atomic E-state index is 0.0808. The van der Waals surface area contributed by atoms with Gasteiger partial charge in [0, 0.05) is 18.8 Å². The zero-order valence-electron chi connectivity index (χ0n) is 17.8. The lowest BCUT2D eigenvalue weighted by atomic mass is 9.98. The zero-order chi connectivity index (χ0) is 22.9. The number of hydrogen-bond acceptors (Lipinski definition) is 9. The molecule has 13 heteroatoms. The Morgan fingerprint density at radius 3 is 2.84 bits per heavy atom. The highest BCUT2D eigenvalue weighted by Crippen LogP contribution is 2.28. The number of carbonyl (C=O) groups excluding carboxylic acids is 1. The lowest BCUT2D eigenvalue weighted by Crippen LogP contribution is -2.43.